The molecule has 7 heteroatoms. The van der Waals surface area contributed by atoms with E-state index in [0.717, 1.165) is 6.42 Å². The average molecular weight is 333 g/mol. The minimum absolute atomic E-state index is 0.0336. The van der Waals surface area contributed by atoms with E-state index in [9.17, 15) is 8.42 Å². The van der Waals surface area contributed by atoms with Gasteiger partial charge in [0, 0.05) is 10.0 Å². The van der Waals surface area contributed by atoms with Crippen LogP contribution in [0.5, 0.6) is 0 Å². The van der Waals surface area contributed by atoms with Gasteiger partial charge < -0.3 is 4.74 Å². The fraction of sp³-hybridized carbons (Fsp3) is 0.364. The number of benzene rings is 1. The van der Waals surface area contributed by atoms with Gasteiger partial charge in [0.05, 0.1) is 10.9 Å². The minimum Gasteiger partial charge on any atom is -0.475 e. The summed E-state index contributed by atoms with van der Waals surface area (Å²) in [5.74, 6) is 0.472. The van der Waals surface area contributed by atoms with Gasteiger partial charge in [-0.15, -0.1) is 0 Å². The molecule has 98 valence electrons. The van der Waals surface area contributed by atoms with Gasteiger partial charge in [-0.25, -0.2) is 18.5 Å². The molecule has 5 nitrogen and oxygen atoms in total. The van der Waals surface area contributed by atoms with E-state index in [1.54, 1.807) is 12.1 Å². The molecule has 0 fully saturated rings. The number of ether oxygens (including phenoxy) is 1. The number of hydrogen-bond acceptors (Lipinski definition) is 4. The number of aliphatic imine (C=N–C) groups is 1. The van der Waals surface area contributed by atoms with Gasteiger partial charge in [0.1, 0.15) is 6.61 Å². The molecule has 0 radical (unpaired) electrons. The highest BCUT2D eigenvalue weighted by Crippen LogP contribution is 2.24. The van der Waals surface area contributed by atoms with Crippen molar-refractivity contribution in [2.24, 2.45) is 10.1 Å². The summed E-state index contributed by atoms with van der Waals surface area (Å²) in [4.78, 5) is 4.41. The Morgan fingerprint density at radius 1 is 1.56 bits per heavy atom. The lowest BCUT2D eigenvalue weighted by atomic mass is 10.2. The predicted molar refractivity (Wildman–Crippen MR) is 72.1 cm³/mol. The third-order valence-corrected chi connectivity index (χ3v) is 4.57. The number of halogens is 1. The molecule has 0 saturated heterocycles. The SMILES string of the molecule is CCC1COC(c2ccc(Br)c(S(N)(=O)=O)c2)=N1. The van der Waals surface area contributed by atoms with E-state index in [0.29, 0.717) is 22.5 Å². The van der Waals surface area contributed by atoms with Crippen LogP contribution in [0.3, 0.4) is 0 Å². The molecule has 0 spiro atoms. The van der Waals surface area contributed by atoms with Crippen LogP contribution in [0, 0.1) is 0 Å². The molecule has 1 aliphatic rings. The second-order valence-electron chi connectivity index (χ2n) is 4.00. The van der Waals surface area contributed by atoms with E-state index in [-0.39, 0.29) is 10.9 Å². The molecular formula is C11H13BrN2O3S. The van der Waals surface area contributed by atoms with Crippen molar-refractivity contribution in [3.8, 4) is 0 Å². The standard InChI is InChI=1S/C11H13BrN2O3S/c1-2-8-6-17-11(14-8)7-3-4-9(12)10(5-7)18(13,15)16/h3-5,8H,2,6H2,1H3,(H2,13,15,16). The lowest BCUT2D eigenvalue weighted by Crippen LogP contribution is -2.14. The fourth-order valence-electron chi connectivity index (χ4n) is 1.64. The molecule has 1 aromatic rings. The molecule has 1 atom stereocenters. The Labute approximate surface area is 114 Å². The lowest BCUT2D eigenvalue weighted by Gasteiger charge is -2.05. The molecule has 1 heterocycles. The maximum absolute atomic E-state index is 11.4. The molecule has 0 amide bonds. The van der Waals surface area contributed by atoms with E-state index in [1.165, 1.54) is 6.07 Å². The average Bonchev–Trinajstić information content (AvgIpc) is 2.76. The van der Waals surface area contributed by atoms with Gasteiger partial charge in [-0.1, -0.05) is 6.92 Å². The van der Waals surface area contributed by atoms with Gasteiger partial charge in [0.2, 0.25) is 15.9 Å². The molecule has 0 aromatic heterocycles. The van der Waals surface area contributed by atoms with Crippen molar-refractivity contribution in [1.82, 2.24) is 0 Å². The third-order valence-electron chi connectivity index (χ3n) is 2.67. The Bertz CT molecular complexity index is 598. The van der Waals surface area contributed by atoms with E-state index < -0.39 is 10.0 Å². The predicted octanol–water partition coefficient (Wildman–Crippen LogP) is 1.65. The Morgan fingerprint density at radius 2 is 2.28 bits per heavy atom. The number of nitrogens with two attached hydrogens (primary N) is 1. The Morgan fingerprint density at radius 3 is 2.83 bits per heavy atom. The van der Waals surface area contributed by atoms with Crippen molar-refractivity contribution in [3.63, 3.8) is 0 Å². The quantitative estimate of drug-likeness (QED) is 0.913. The third kappa shape index (κ3) is 2.73. The highest BCUT2D eigenvalue weighted by atomic mass is 79.9. The van der Waals surface area contributed by atoms with Crippen LogP contribution in [0.15, 0.2) is 32.6 Å². The molecule has 0 aliphatic carbocycles. The summed E-state index contributed by atoms with van der Waals surface area (Å²) in [6, 6.07) is 4.98. The fourth-order valence-corrected chi connectivity index (χ4v) is 3.19. The monoisotopic (exact) mass is 332 g/mol. The van der Waals surface area contributed by atoms with Gasteiger partial charge in [-0.3, -0.25) is 0 Å². The van der Waals surface area contributed by atoms with Gasteiger partial charge in [-0.05, 0) is 40.5 Å². The van der Waals surface area contributed by atoms with Crippen molar-refractivity contribution in [3.05, 3.63) is 28.2 Å². The van der Waals surface area contributed by atoms with Crippen LogP contribution < -0.4 is 5.14 Å². The number of sulfonamides is 1. The van der Waals surface area contributed by atoms with Crippen molar-refractivity contribution in [2.45, 2.75) is 24.3 Å². The number of primary sulfonamides is 1. The van der Waals surface area contributed by atoms with Crippen LogP contribution >= 0.6 is 15.9 Å². The molecule has 2 rings (SSSR count). The molecule has 0 saturated carbocycles. The van der Waals surface area contributed by atoms with E-state index in [1.807, 2.05) is 6.92 Å². The van der Waals surface area contributed by atoms with Crippen molar-refractivity contribution in [2.75, 3.05) is 6.61 Å². The van der Waals surface area contributed by atoms with Crippen LogP contribution in [0.25, 0.3) is 0 Å². The molecule has 1 aromatic carbocycles. The summed E-state index contributed by atoms with van der Waals surface area (Å²) >= 11 is 3.16. The normalized spacial score (nSPS) is 19.5. The van der Waals surface area contributed by atoms with Gasteiger partial charge in [0.15, 0.2) is 0 Å². The van der Waals surface area contributed by atoms with Gasteiger partial charge in [-0.2, -0.15) is 0 Å². The van der Waals surface area contributed by atoms with Crippen molar-refractivity contribution in [1.29, 1.82) is 0 Å². The maximum Gasteiger partial charge on any atom is 0.239 e. The highest BCUT2D eigenvalue weighted by Gasteiger charge is 2.21. The molecule has 0 bridgehead atoms. The highest BCUT2D eigenvalue weighted by molar-refractivity contribution is 9.10. The summed E-state index contributed by atoms with van der Waals surface area (Å²) in [6.45, 7) is 2.56. The zero-order chi connectivity index (χ0) is 13.3. The second-order valence-corrected chi connectivity index (χ2v) is 6.38. The summed E-state index contributed by atoms with van der Waals surface area (Å²) in [6.07, 6.45) is 0.891. The van der Waals surface area contributed by atoms with Gasteiger partial charge >= 0.3 is 0 Å². The Balaban J connectivity index is 2.43. The summed E-state index contributed by atoms with van der Waals surface area (Å²) in [5.41, 5.74) is 0.623. The number of rotatable bonds is 3. The first-order valence-corrected chi connectivity index (χ1v) is 7.79. The van der Waals surface area contributed by atoms with Crippen LogP contribution in [0.2, 0.25) is 0 Å². The lowest BCUT2D eigenvalue weighted by molar-refractivity contribution is 0.315. The zero-order valence-corrected chi connectivity index (χ0v) is 12.2. The van der Waals surface area contributed by atoms with Gasteiger partial charge in [0.25, 0.3) is 0 Å². The summed E-state index contributed by atoms with van der Waals surface area (Å²) in [7, 11) is -3.76. The van der Waals surface area contributed by atoms with E-state index in [2.05, 4.69) is 20.9 Å². The molecule has 1 aliphatic heterocycles. The molecule has 2 N–H and O–H groups in total. The molecular weight excluding hydrogens is 320 g/mol. The Kier molecular flexibility index (Phi) is 3.74. The van der Waals surface area contributed by atoms with E-state index in [4.69, 9.17) is 9.88 Å². The largest absolute Gasteiger partial charge is 0.475 e. The van der Waals surface area contributed by atoms with Crippen LogP contribution in [0.1, 0.15) is 18.9 Å². The number of hydrogen-bond donors (Lipinski definition) is 1. The molecule has 1 unspecified atom stereocenters. The zero-order valence-electron chi connectivity index (χ0n) is 9.76. The maximum atomic E-state index is 11.4. The Hall–Kier alpha value is -0.920. The number of nitrogens with zero attached hydrogens (tertiary/aromatic N) is 1. The summed E-state index contributed by atoms with van der Waals surface area (Å²) < 4.78 is 28.7. The van der Waals surface area contributed by atoms with Crippen molar-refractivity contribution < 1.29 is 13.2 Å². The van der Waals surface area contributed by atoms with E-state index >= 15 is 0 Å². The van der Waals surface area contributed by atoms with Crippen LogP contribution in [-0.2, 0) is 14.8 Å². The molecule has 18 heavy (non-hydrogen) atoms. The van der Waals surface area contributed by atoms with Crippen molar-refractivity contribution >= 4 is 31.9 Å². The first-order valence-electron chi connectivity index (χ1n) is 5.45. The first-order chi connectivity index (χ1) is 8.41. The topological polar surface area (TPSA) is 81.8 Å². The summed E-state index contributed by atoms with van der Waals surface area (Å²) in [5, 5.41) is 5.14. The van der Waals surface area contributed by atoms with Crippen LogP contribution in [-0.4, -0.2) is 27.0 Å². The van der Waals surface area contributed by atoms with Crippen LogP contribution in [0.4, 0.5) is 0 Å². The second kappa shape index (κ2) is 4.99. The minimum atomic E-state index is -3.76. The smallest absolute Gasteiger partial charge is 0.239 e. The first kappa shape index (κ1) is 13.5.